The Balaban J connectivity index is 2.52. The number of carbonyl (C=O) groups is 5. The van der Waals surface area contributed by atoms with Gasteiger partial charge in [-0.3, -0.25) is 19.2 Å². The molecule has 1 aromatic rings. The summed E-state index contributed by atoms with van der Waals surface area (Å²) < 4.78 is 37.7. The highest BCUT2D eigenvalue weighted by Gasteiger charge is 2.52. The Labute approximate surface area is 207 Å². The molecule has 0 aromatic heterocycles. The molecule has 13 nitrogen and oxygen atoms in total. The Morgan fingerprint density at radius 2 is 1.53 bits per heavy atom. The number of hydrogen-bond donors (Lipinski definition) is 1. The van der Waals surface area contributed by atoms with E-state index in [0.29, 0.717) is 0 Å². The normalized spacial score (nSPS) is 23.0. The summed E-state index contributed by atoms with van der Waals surface area (Å²) in [5, 5.41) is 2.59. The summed E-state index contributed by atoms with van der Waals surface area (Å²) in [6.45, 7) is 4.29. The molecule has 1 fully saturated rings. The van der Waals surface area contributed by atoms with E-state index in [2.05, 4.69) is 5.32 Å². The maximum absolute atomic E-state index is 12.0. The number of benzene rings is 1. The Hall–Kier alpha value is -3.87. The zero-order valence-corrected chi connectivity index (χ0v) is 20.7. The van der Waals surface area contributed by atoms with Crippen LogP contribution in [-0.2, 0) is 42.9 Å². The number of amides is 1. The van der Waals surface area contributed by atoms with Gasteiger partial charge < -0.3 is 38.5 Å². The van der Waals surface area contributed by atoms with E-state index in [4.69, 9.17) is 33.2 Å². The zero-order valence-electron chi connectivity index (χ0n) is 20.7. The molecule has 1 aliphatic heterocycles. The van der Waals surface area contributed by atoms with Crippen LogP contribution in [0.5, 0.6) is 11.5 Å². The summed E-state index contributed by atoms with van der Waals surface area (Å²) in [5.41, 5.74) is 0.185. The molecule has 1 N–H and O–H groups in total. The number of hydrogen-bond acceptors (Lipinski definition) is 12. The molecule has 0 saturated carbocycles. The van der Waals surface area contributed by atoms with Crippen molar-refractivity contribution in [2.45, 2.75) is 58.3 Å². The van der Waals surface area contributed by atoms with Crippen LogP contribution in [0.15, 0.2) is 18.2 Å². The van der Waals surface area contributed by atoms with E-state index < -0.39 is 60.4 Å². The molecule has 0 radical (unpaired) electrons. The molecular formula is C23H29NO12. The van der Waals surface area contributed by atoms with Crippen molar-refractivity contribution in [1.82, 2.24) is 5.32 Å². The van der Waals surface area contributed by atoms with Gasteiger partial charge in [0.15, 0.2) is 23.7 Å². The van der Waals surface area contributed by atoms with E-state index in [1.807, 2.05) is 0 Å². The van der Waals surface area contributed by atoms with Crippen molar-refractivity contribution in [3.8, 4) is 11.5 Å². The summed E-state index contributed by atoms with van der Waals surface area (Å²) >= 11 is 0. The number of carbonyl (C=O) groups excluding carboxylic acids is 5. The van der Waals surface area contributed by atoms with Crippen LogP contribution in [0.25, 0.3) is 0 Å². The van der Waals surface area contributed by atoms with Gasteiger partial charge >= 0.3 is 23.9 Å². The maximum Gasteiger partial charge on any atom is 0.337 e. The fourth-order valence-electron chi connectivity index (χ4n) is 3.53. The summed E-state index contributed by atoms with van der Waals surface area (Å²) in [6, 6.07) is 3.04. The van der Waals surface area contributed by atoms with Crippen molar-refractivity contribution in [2.75, 3.05) is 20.8 Å². The molecule has 2 rings (SSSR count). The second-order valence-electron chi connectivity index (χ2n) is 7.69. The van der Waals surface area contributed by atoms with E-state index in [9.17, 15) is 24.0 Å². The van der Waals surface area contributed by atoms with Crippen molar-refractivity contribution < 1.29 is 57.1 Å². The highest BCUT2D eigenvalue weighted by Crippen LogP contribution is 2.34. The minimum atomic E-state index is -1.34. The van der Waals surface area contributed by atoms with Crippen LogP contribution in [0.4, 0.5) is 0 Å². The first-order chi connectivity index (χ1) is 17.0. The molecule has 1 amide bonds. The molecule has 0 spiro atoms. The maximum atomic E-state index is 12.0. The van der Waals surface area contributed by atoms with E-state index in [1.165, 1.54) is 46.3 Å². The highest BCUT2D eigenvalue weighted by atomic mass is 16.7. The first-order valence-corrected chi connectivity index (χ1v) is 10.8. The van der Waals surface area contributed by atoms with Crippen LogP contribution in [0, 0.1) is 0 Å². The molecule has 1 aromatic carbocycles. The molecule has 36 heavy (non-hydrogen) atoms. The van der Waals surface area contributed by atoms with Gasteiger partial charge in [-0.05, 0) is 18.2 Å². The lowest BCUT2D eigenvalue weighted by molar-refractivity contribution is -0.257. The predicted molar refractivity (Wildman–Crippen MR) is 119 cm³/mol. The van der Waals surface area contributed by atoms with Crippen molar-refractivity contribution in [3.05, 3.63) is 23.8 Å². The average molecular weight is 511 g/mol. The van der Waals surface area contributed by atoms with Crippen LogP contribution in [0.2, 0.25) is 0 Å². The fraction of sp³-hybridized carbons (Fsp3) is 0.522. The van der Waals surface area contributed by atoms with Crippen molar-refractivity contribution in [2.24, 2.45) is 0 Å². The van der Waals surface area contributed by atoms with Gasteiger partial charge in [0.1, 0.15) is 18.8 Å². The number of rotatable bonds is 9. The molecule has 1 heterocycles. The molecule has 5 atom stereocenters. The van der Waals surface area contributed by atoms with Crippen molar-refractivity contribution in [1.29, 1.82) is 0 Å². The zero-order chi connectivity index (χ0) is 27.0. The Kier molecular flexibility index (Phi) is 10.0. The largest absolute Gasteiger partial charge is 0.493 e. The van der Waals surface area contributed by atoms with Crippen LogP contribution in [-0.4, -0.2) is 81.3 Å². The number of nitrogens with one attached hydrogen (secondary N) is 1. The second-order valence-corrected chi connectivity index (χ2v) is 7.69. The minimum absolute atomic E-state index is 0.101. The van der Waals surface area contributed by atoms with E-state index in [0.717, 1.165) is 13.8 Å². The average Bonchev–Trinajstić information content (AvgIpc) is 2.80. The highest BCUT2D eigenvalue weighted by molar-refractivity contribution is 5.90. The van der Waals surface area contributed by atoms with E-state index in [-0.39, 0.29) is 23.7 Å². The van der Waals surface area contributed by atoms with Gasteiger partial charge in [-0.15, -0.1) is 0 Å². The summed E-state index contributed by atoms with van der Waals surface area (Å²) in [4.78, 5) is 59.1. The van der Waals surface area contributed by atoms with Gasteiger partial charge in [-0.2, -0.15) is 0 Å². The Morgan fingerprint density at radius 3 is 2.06 bits per heavy atom. The van der Waals surface area contributed by atoms with Gasteiger partial charge in [0.05, 0.1) is 19.8 Å². The Bertz CT molecular complexity index is 993. The molecule has 198 valence electrons. The van der Waals surface area contributed by atoms with Gasteiger partial charge in [-0.25, -0.2) is 4.79 Å². The molecule has 0 unspecified atom stereocenters. The van der Waals surface area contributed by atoms with Crippen LogP contribution >= 0.6 is 0 Å². The molecular weight excluding hydrogens is 482 g/mol. The predicted octanol–water partition coefficient (Wildman–Crippen LogP) is 0.517. The summed E-state index contributed by atoms with van der Waals surface area (Å²) in [5.74, 6) is -3.00. The van der Waals surface area contributed by atoms with Gasteiger partial charge in [0, 0.05) is 27.7 Å². The quantitative estimate of drug-likeness (QED) is 0.362. The monoisotopic (exact) mass is 511 g/mol. The van der Waals surface area contributed by atoms with Gasteiger partial charge in [-0.1, -0.05) is 0 Å². The van der Waals surface area contributed by atoms with Gasteiger partial charge in [0.25, 0.3) is 0 Å². The smallest absolute Gasteiger partial charge is 0.337 e. The third-order valence-electron chi connectivity index (χ3n) is 4.90. The van der Waals surface area contributed by atoms with Crippen molar-refractivity contribution >= 4 is 29.8 Å². The van der Waals surface area contributed by atoms with Gasteiger partial charge in [0.2, 0.25) is 12.2 Å². The third-order valence-corrected chi connectivity index (χ3v) is 4.90. The molecule has 1 saturated heterocycles. The van der Waals surface area contributed by atoms with Crippen LogP contribution < -0.4 is 14.8 Å². The third kappa shape index (κ3) is 7.57. The van der Waals surface area contributed by atoms with Crippen LogP contribution in [0.1, 0.15) is 38.1 Å². The summed E-state index contributed by atoms with van der Waals surface area (Å²) in [7, 11) is 2.57. The lowest BCUT2D eigenvalue weighted by atomic mass is 9.96. The SMILES string of the molecule is COC(=O)c1ccc(O[C@@H]2O[C@H](COC(C)=O)[C@@H](OC(C)=O)[C@@H](OC(C)=O)[C@@H]2NC(C)=O)c(OC)c1. The fourth-order valence-corrected chi connectivity index (χ4v) is 3.53. The standard InChI is InChI=1S/C23H29NO12/c1-11(25)24-19-21(34-14(4)28)20(33-13(3)27)18(10-32-12(2)26)36-23(19)35-16-8-7-15(22(29)31-6)9-17(16)30-5/h7-9,18-21,23H,10H2,1-6H3,(H,24,25)/t18-,19+,20-,21+,23-/m1/s1. The number of esters is 4. The lowest BCUT2D eigenvalue weighted by Gasteiger charge is -2.44. The first-order valence-electron chi connectivity index (χ1n) is 10.8. The Morgan fingerprint density at radius 1 is 0.889 bits per heavy atom. The molecule has 1 aliphatic rings. The second kappa shape index (κ2) is 12.7. The molecule has 13 heteroatoms. The molecule has 0 bridgehead atoms. The number of methoxy groups -OCH3 is 2. The van der Waals surface area contributed by atoms with Crippen LogP contribution in [0.3, 0.4) is 0 Å². The summed E-state index contributed by atoms with van der Waals surface area (Å²) in [6.07, 6.45) is -5.03. The number of ether oxygens (including phenoxy) is 7. The van der Waals surface area contributed by atoms with E-state index >= 15 is 0 Å². The lowest BCUT2D eigenvalue weighted by Crippen LogP contribution is -2.67. The van der Waals surface area contributed by atoms with Crippen molar-refractivity contribution in [3.63, 3.8) is 0 Å². The minimum Gasteiger partial charge on any atom is -0.493 e. The van der Waals surface area contributed by atoms with E-state index in [1.54, 1.807) is 0 Å². The topological polar surface area (TPSA) is 162 Å². The molecule has 0 aliphatic carbocycles. The first kappa shape index (κ1) is 28.4.